The first kappa shape index (κ1) is 14.5. The van der Waals surface area contributed by atoms with Gasteiger partial charge in [0.25, 0.3) is 0 Å². The number of hydrogen-bond donors (Lipinski definition) is 2. The van der Waals surface area contributed by atoms with Crippen molar-refractivity contribution in [3.63, 3.8) is 0 Å². The number of carbonyl (C=O) groups excluding carboxylic acids is 1. The van der Waals surface area contributed by atoms with E-state index in [1.165, 1.54) is 0 Å². The van der Waals surface area contributed by atoms with Gasteiger partial charge in [-0.05, 0) is 31.6 Å². The molecular weight excluding hydrogens is 264 g/mol. The number of carbonyl (C=O) groups is 1. The molecule has 0 radical (unpaired) electrons. The summed E-state index contributed by atoms with van der Waals surface area (Å²) in [6.07, 6.45) is 9.07. The molecule has 108 valence electrons. The number of nitrogens with two attached hydrogens (primary N) is 1. The fourth-order valence-electron chi connectivity index (χ4n) is 3.02. The Morgan fingerprint density at radius 1 is 1.21 bits per heavy atom. The normalized spacial score (nSPS) is 28.6. The van der Waals surface area contributed by atoms with Crippen molar-refractivity contribution in [1.29, 1.82) is 0 Å². The van der Waals surface area contributed by atoms with Crippen LogP contribution in [0, 0.1) is 11.8 Å². The summed E-state index contributed by atoms with van der Waals surface area (Å²) in [6, 6.07) is -0.381. The SMILES string of the molecule is NC(=O)[C@@H]1CC=CC[C@H]1NS(=O)(=O)CC1CCCC1. The van der Waals surface area contributed by atoms with E-state index in [0.717, 1.165) is 25.7 Å². The van der Waals surface area contributed by atoms with Gasteiger partial charge < -0.3 is 5.73 Å². The Bertz CT molecular complexity index is 453. The van der Waals surface area contributed by atoms with Gasteiger partial charge in [-0.1, -0.05) is 25.0 Å². The molecule has 0 aromatic heterocycles. The molecule has 0 bridgehead atoms. The molecule has 0 unspecified atom stereocenters. The summed E-state index contributed by atoms with van der Waals surface area (Å²) >= 11 is 0. The van der Waals surface area contributed by atoms with E-state index in [4.69, 9.17) is 5.73 Å². The predicted molar refractivity (Wildman–Crippen MR) is 73.7 cm³/mol. The van der Waals surface area contributed by atoms with E-state index < -0.39 is 21.8 Å². The van der Waals surface area contributed by atoms with Gasteiger partial charge in [-0.15, -0.1) is 0 Å². The largest absolute Gasteiger partial charge is 0.369 e. The van der Waals surface area contributed by atoms with E-state index in [1.807, 2.05) is 12.2 Å². The molecule has 6 heteroatoms. The van der Waals surface area contributed by atoms with Crippen LogP contribution in [0.5, 0.6) is 0 Å². The monoisotopic (exact) mass is 286 g/mol. The van der Waals surface area contributed by atoms with Gasteiger partial charge in [0.15, 0.2) is 0 Å². The van der Waals surface area contributed by atoms with Gasteiger partial charge in [0.2, 0.25) is 15.9 Å². The van der Waals surface area contributed by atoms with Crippen LogP contribution in [0.4, 0.5) is 0 Å². The van der Waals surface area contributed by atoms with Gasteiger partial charge in [0.05, 0.1) is 11.7 Å². The molecule has 1 amide bonds. The second kappa shape index (κ2) is 6.05. The van der Waals surface area contributed by atoms with Crippen molar-refractivity contribution < 1.29 is 13.2 Å². The van der Waals surface area contributed by atoms with Crippen LogP contribution in [0.25, 0.3) is 0 Å². The summed E-state index contributed by atoms with van der Waals surface area (Å²) in [5.41, 5.74) is 5.33. The smallest absolute Gasteiger partial charge is 0.222 e. The van der Waals surface area contributed by atoms with E-state index in [1.54, 1.807) is 0 Å². The summed E-state index contributed by atoms with van der Waals surface area (Å²) in [4.78, 5) is 11.3. The standard InChI is InChI=1S/C13H22N2O3S/c14-13(16)11-7-3-4-8-12(11)15-19(17,18)9-10-5-1-2-6-10/h3-4,10-12,15H,1-2,5-9H2,(H2,14,16)/t11-,12-/m1/s1. The Kier molecular flexibility index (Phi) is 4.62. The zero-order valence-corrected chi connectivity index (χ0v) is 11.9. The van der Waals surface area contributed by atoms with Crippen LogP contribution < -0.4 is 10.5 Å². The third-order valence-electron chi connectivity index (χ3n) is 4.06. The summed E-state index contributed by atoms with van der Waals surface area (Å²) in [5.74, 6) is -0.413. The lowest BCUT2D eigenvalue weighted by Crippen LogP contribution is -2.47. The molecule has 2 rings (SSSR count). The third kappa shape index (κ3) is 4.04. The quantitative estimate of drug-likeness (QED) is 0.736. The first-order valence-electron chi connectivity index (χ1n) is 6.92. The lowest BCUT2D eigenvalue weighted by atomic mass is 9.89. The van der Waals surface area contributed by atoms with Gasteiger partial charge in [0.1, 0.15) is 0 Å². The lowest BCUT2D eigenvalue weighted by Gasteiger charge is -2.27. The van der Waals surface area contributed by atoms with Crippen molar-refractivity contribution in [1.82, 2.24) is 4.72 Å². The van der Waals surface area contributed by atoms with E-state index in [0.29, 0.717) is 12.8 Å². The zero-order chi connectivity index (χ0) is 13.9. The zero-order valence-electron chi connectivity index (χ0n) is 11.0. The number of rotatable bonds is 5. The highest BCUT2D eigenvalue weighted by Gasteiger charge is 2.31. The highest BCUT2D eigenvalue weighted by atomic mass is 32.2. The predicted octanol–water partition coefficient (Wildman–Crippen LogP) is 0.916. The maximum atomic E-state index is 12.1. The van der Waals surface area contributed by atoms with Gasteiger partial charge in [-0.3, -0.25) is 4.79 Å². The van der Waals surface area contributed by atoms with E-state index in [2.05, 4.69) is 4.72 Å². The van der Waals surface area contributed by atoms with Gasteiger partial charge >= 0.3 is 0 Å². The molecule has 2 aliphatic carbocycles. The van der Waals surface area contributed by atoms with Crippen LogP contribution >= 0.6 is 0 Å². The van der Waals surface area contributed by atoms with Crippen LogP contribution in [-0.2, 0) is 14.8 Å². The molecule has 0 heterocycles. The molecule has 2 aliphatic rings. The minimum absolute atomic E-state index is 0.179. The number of nitrogens with one attached hydrogen (secondary N) is 1. The van der Waals surface area contributed by atoms with Crippen LogP contribution in [0.3, 0.4) is 0 Å². The van der Waals surface area contributed by atoms with Crippen LogP contribution in [0.2, 0.25) is 0 Å². The van der Waals surface area contributed by atoms with Crippen LogP contribution in [0.15, 0.2) is 12.2 Å². The Hall–Kier alpha value is -0.880. The minimum atomic E-state index is -3.32. The fourth-order valence-corrected chi connectivity index (χ4v) is 4.80. The Balaban J connectivity index is 1.97. The average Bonchev–Trinajstić information content (AvgIpc) is 2.80. The molecule has 1 saturated carbocycles. The van der Waals surface area contributed by atoms with Crippen molar-refractivity contribution in [2.45, 2.75) is 44.6 Å². The number of sulfonamides is 1. The molecular formula is C13H22N2O3S. The Morgan fingerprint density at radius 3 is 2.47 bits per heavy atom. The van der Waals surface area contributed by atoms with E-state index >= 15 is 0 Å². The van der Waals surface area contributed by atoms with Crippen molar-refractivity contribution >= 4 is 15.9 Å². The molecule has 2 atom stereocenters. The maximum absolute atomic E-state index is 12.1. The number of amides is 1. The second-order valence-electron chi connectivity index (χ2n) is 5.61. The highest BCUT2D eigenvalue weighted by molar-refractivity contribution is 7.89. The first-order chi connectivity index (χ1) is 8.98. The Morgan fingerprint density at radius 2 is 1.84 bits per heavy atom. The summed E-state index contributed by atoms with van der Waals surface area (Å²) in [6.45, 7) is 0. The van der Waals surface area contributed by atoms with Crippen LogP contribution in [-0.4, -0.2) is 26.1 Å². The van der Waals surface area contributed by atoms with Gasteiger partial charge in [-0.25, -0.2) is 13.1 Å². The topological polar surface area (TPSA) is 89.3 Å². The number of allylic oxidation sites excluding steroid dienone is 1. The van der Waals surface area contributed by atoms with Gasteiger partial charge in [0, 0.05) is 6.04 Å². The summed E-state index contributed by atoms with van der Waals surface area (Å²) in [5, 5.41) is 0. The molecule has 3 N–H and O–H groups in total. The maximum Gasteiger partial charge on any atom is 0.222 e. The Labute approximate surface area is 114 Å². The van der Waals surface area contributed by atoms with Crippen molar-refractivity contribution in [3.05, 3.63) is 12.2 Å². The highest BCUT2D eigenvalue weighted by Crippen LogP contribution is 2.26. The average molecular weight is 286 g/mol. The minimum Gasteiger partial charge on any atom is -0.369 e. The summed E-state index contributed by atoms with van der Waals surface area (Å²) in [7, 11) is -3.32. The first-order valence-corrected chi connectivity index (χ1v) is 8.57. The molecule has 19 heavy (non-hydrogen) atoms. The van der Waals surface area contributed by atoms with Crippen molar-refractivity contribution in [2.24, 2.45) is 17.6 Å². The molecule has 0 aromatic carbocycles. The van der Waals surface area contributed by atoms with E-state index in [9.17, 15) is 13.2 Å². The molecule has 0 spiro atoms. The molecule has 1 fully saturated rings. The molecule has 5 nitrogen and oxygen atoms in total. The number of primary amides is 1. The molecule has 0 aliphatic heterocycles. The number of hydrogen-bond acceptors (Lipinski definition) is 3. The van der Waals surface area contributed by atoms with Crippen molar-refractivity contribution in [2.75, 3.05) is 5.75 Å². The second-order valence-corrected chi connectivity index (χ2v) is 7.41. The van der Waals surface area contributed by atoms with Gasteiger partial charge in [-0.2, -0.15) is 0 Å². The lowest BCUT2D eigenvalue weighted by molar-refractivity contribution is -0.122. The molecule has 0 saturated heterocycles. The third-order valence-corrected chi connectivity index (χ3v) is 5.63. The van der Waals surface area contributed by atoms with Crippen molar-refractivity contribution in [3.8, 4) is 0 Å². The summed E-state index contributed by atoms with van der Waals surface area (Å²) < 4.78 is 26.9. The van der Waals surface area contributed by atoms with Crippen LogP contribution in [0.1, 0.15) is 38.5 Å². The molecule has 0 aromatic rings. The van der Waals surface area contributed by atoms with E-state index in [-0.39, 0.29) is 17.7 Å². The fraction of sp³-hybridized carbons (Fsp3) is 0.769.